The summed E-state index contributed by atoms with van der Waals surface area (Å²) in [5, 5.41) is 8.85. The summed E-state index contributed by atoms with van der Waals surface area (Å²) in [6, 6.07) is 8.52. The quantitative estimate of drug-likeness (QED) is 0.785. The summed E-state index contributed by atoms with van der Waals surface area (Å²) in [4.78, 5) is 0. The van der Waals surface area contributed by atoms with Crippen molar-refractivity contribution in [2.75, 3.05) is 12.4 Å². The molecule has 6 heteroatoms. The summed E-state index contributed by atoms with van der Waals surface area (Å²) in [7, 11) is 0. The van der Waals surface area contributed by atoms with Crippen molar-refractivity contribution in [1.82, 2.24) is 10.2 Å². The Morgan fingerprint density at radius 1 is 1.38 bits per heavy atom. The summed E-state index contributed by atoms with van der Waals surface area (Å²) in [5.41, 5.74) is 2.70. The number of benzene rings is 1. The molecular weight excluding hydrogens is 304 g/mol. The fraction of sp³-hybridized carbons (Fsp3) is 0.467. The van der Waals surface area contributed by atoms with E-state index in [1.807, 2.05) is 13.8 Å². The van der Waals surface area contributed by atoms with E-state index in [0.29, 0.717) is 5.19 Å². The maximum absolute atomic E-state index is 5.90. The molecule has 1 aromatic carbocycles. The molecule has 1 aliphatic heterocycles. The average Bonchev–Trinajstić information content (AvgIpc) is 2.92. The molecule has 21 heavy (non-hydrogen) atoms. The highest BCUT2D eigenvalue weighted by molar-refractivity contribution is 8.01. The summed E-state index contributed by atoms with van der Waals surface area (Å²) in [5.74, 6) is 0.854. The van der Waals surface area contributed by atoms with Crippen LogP contribution < -0.4 is 4.74 Å². The van der Waals surface area contributed by atoms with Gasteiger partial charge in [0.1, 0.15) is 0 Å². The molecule has 0 aliphatic carbocycles. The van der Waals surface area contributed by atoms with Crippen LogP contribution in [0.4, 0.5) is 0 Å². The van der Waals surface area contributed by atoms with Gasteiger partial charge in [0.25, 0.3) is 5.19 Å². The number of rotatable bonds is 5. The standard InChI is InChI=1S/C15H18N2O2S2/c1-10(2)19-14-16-17-15(21-14)20-9-13-12-6-4-3-5-11(12)7-8-18-13/h3-6,10,13H,7-9H2,1-2H3. The zero-order valence-corrected chi connectivity index (χ0v) is 13.7. The minimum Gasteiger partial charge on any atom is -0.466 e. The lowest BCUT2D eigenvalue weighted by molar-refractivity contribution is 0.0588. The Morgan fingerprint density at radius 2 is 2.24 bits per heavy atom. The summed E-state index contributed by atoms with van der Waals surface area (Å²) < 4.78 is 12.4. The molecule has 0 spiro atoms. The molecule has 0 saturated heterocycles. The number of hydrogen-bond acceptors (Lipinski definition) is 6. The smallest absolute Gasteiger partial charge is 0.295 e. The molecular formula is C15H18N2O2S2. The summed E-state index contributed by atoms with van der Waals surface area (Å²) in [6.45, 7) is 4.77. The molecule has 1 atom stereocenters. The van der Waals surface area contributed by atoms with Crippen molar-refractivity contribution < 1.29 is 9.47 Å². The monoisotopic (exact) mass is 322 g/mol. The van der Waals surface area contributed by atoms with E-state index in [0.717, 1.165) is 23.1 Å². The van der Waals surface area contributed by atoms with Crippen LogP contribution in [0.5, 0.6) is 5.19 Å². The van der Waals surface area contributed by atoms with Gasteiger partial charge in [-0.3, -0.25) is 0 Å². The molecule has 0 fully saturated rings. The number of ether oxygens (including phenoxy) is 2. The van der Waals surface area contributed by atoms with Crippen LogP contribution in [-0.4, -0.2) is 28.7 Å². The van der Waals surface area contributed by atoms with Crippen LogP contribution in [0.2, 0.25) is 0 Å². The van der Waals surface area contributed by atoms with Crippen LogP contribution in [0.15, 0.2) is 28.6 Å². The fourth-order valence-electron chi connectivity index (χ4n) is 2.27. The lowest BCUT2D eigenvalue weighted by atomic mass is 9.99. The summed E-state index contributed by atoms with van der Waals surface area (Å²) >= 11 is 3.17. The molecule has 2 heterocycles. The van der Waals surface area contributed by atoms with Gasteiger partial charge in [-0.15, -0.1) is 5.10 Å². The Kier molecular flexibility index (Phi) is 4.77. The van der Waals surface area contributed by atoms with E-state index in [2.05, 4.69) is 34.5 Å². The summed E-state index contributed by atoms with van der Waals surface area (Å²) in [6.07, 6.45) is 1.27. The molecule has 4 nitrogen and oxygen atoms in total. The van der Waals surface area contributed by atoms with Gasteiger partial charge in [-0.2, -0.15) is 0 Å². The van der Waals surface area contributed by atoms with E-state index >= 15 is 0 Å². The maximum Gasteiger partial charge on any atom is 0.295 e. The van der Waals surface area contributed by atoms with Crippen LogP contribution in [0.25, 0.3) is 0 Å². The second kappa shape index (κ2) is 6.77. The first-order valence-corrected chi connectivity index (χ1v) is 8.85. The first-order valence-electron chi connectivity index (χ1n) is 7.04. The van der Waals surface area contributed by atoms with Crippen molar-refractivity contribution in [3.63, 3.8) is 0 Å². The fourth-order valence-corrected chi connectivity index (χ4v) is 4.14. The molecule has 0 amide bonds. The number of hydrogen-bond donors (Lipinski definition) is 0. The number of nitrogens with zero attached hydrogens (tertiary/aromatic N) is 2. The first-order chi connectivity index (χ1) is 10.2. The first kappa shape index (κ1) is 14.8. The Morgan fingerprint density at radius 3 is 3.10 bits per heavy atom. The molecule has 3 rings (SSSR count). The average molecular weight is 322 g/mol. The topological polar surface area (TPSA) is 44.2 Å². The SMILES string of the molecule is CC(C)Oc1nnc(SCC2OCCc3ccccc32)s1. The maximum atomic E-state index is 5.90. The van der Waals surface area contributed by atoms with E-state index < -0.39 is 0 Å². The minimum atomic E-state index is 0.129. The van der Waals surface area contributed by atoms with Crippen molar-refractivity contribution in [3.05, 3.63) is 35.4 Å². The van der Waals surface area contributed by atoms with Gasteiger partial charge in [0.2, 0.25) is 0 Å². The molecule has 2 aromatic rings. The predicted octanol–water partition coefficient (Wildman–Crippen LogP) is 3.73. The molecule has 1 unspecified atom stereocenters. The van der Waals surface area contributed by atoms with Crippen molar-refractivity contribution in [3.8, 4) is 5.19 Å². The Bertz CT molecular complexity index is 601. The van der Waals surface area contributed by atoms with E-state index in [1.165, 1.54) is 22.5 Å². The molecule has 1 aliphatic rings. The van der Waals surface area contributed by atoms with Gasteiger partial charge >= 0.3 is 0 Å². The van der Waals surface area contributed by atoms with E-state index in [4.69, 9.17) is 9.47 Å². The zero-order chi connectivity index (χ0) is 14.7. The Balaban J connectivity index is 1.62. The van der Waals surface area contributed by atoms with Crippen LogP contribution in [0.1, 0.15) is 31.1 Å². The molecule has 0 radical (unpaired) electrons. The highest BCUT2D eigenvalue weighted by Gasteiger charge is 2.21. The van der Waals surface area contributed by atoms with Crippen molar-refractivity contribution in [2.24, 2.45) is 0 Å². The van der Waals surface area contributed by atoms with Gasteiger partial charge in [0.05, 0.1) is 18.8 Å². The van der Waals surface area contributed by atoms with Crippen LogP contribution in [0.3, 0.4) is 0 Å². The van der Waals surface area contributed by atoms with Crippen molar-refractivity contribution >= 4 is 23.1 Å². The highest BCUT2D eigenvalue weighted by Crippen LogP contribution is 2.34. The minimum absolute atomic E-state index is 0.129. The van der Waals surface area contributed by atoms with Crippen LogP contribution in [0, 0.1) is 0 Å². The second-order valence-corrected chi connectivity index (χ2v) is 7.33. The van der Waals surface area contributed by atoms with E-state index in [1.54, 1.807) is 11.8 Å². The van der Waals surface area contributed by atoms with Gasteiger partial charge < -0.3 is 9.47 Å². The molecule has 1 aromatic heterocycles. The van der Waals surface area contributed by atoms with Gasteiger partial charge in [-0.25, -0.2) is 0 Å². The third-order valence-electron chi connectivity index (χ3n) is 3.18. The number of fused-ring (bicyclic) bond motifs is 1. The number of aromatic nitrogens is 2. The highest BCUT2D eigenvalue weighted by atomic mass is 32.2. The molecule has 112 valence electrons. The van der Waals surface area contributed by atoms with Crippen LogP contribution in [-0.2, 0) is 11.2 Å². The van der Waals surface area contributed by atoms with E-state index in [-0.39, 0.29) is 12.2 Å². The van der Waals surface area contributed by atoms with Gasteiger partial charge in [0, 0.05) is 5.75 Å². The van der Waals surface area contributed by atoms with Crippen LogP contribution >= 0.6 is 23.1 Å². The van der Waals surface area contributed by atoms with Gasteiger partial charge in [0.15, 0.2) is 4.34 Å². The van der Waals surface area contributed by atoms with Crippen molar-refractivity contribution in [1.29, 1.82) is 0 Å². The largest absolute Gasteiger partial charge is 0.466 e. The zero-order valence-electron chi connectivity index (χ0n) is 12.1. The lowest BCUT2D eigenvalue weighted by Crippen LogP contribution is -2.17. The predicted molar refractivity (Wildman–Crippen MR) is 85.2 cm³/mol. The number of thioether (sulfide) groups is 1. The van der Waals surface area contributed by atoms with Gasteiger partial charge in [-0.1, -0.05) is 41.1 Å². The third-order valence-corrected chi connectivity index (χ3v) is 5.19. The molecule has 0 saturated carbocycles. The van der Waals surface area contributed by atoms with Gasteiger partial charge in [-0.05, 0) is 42.7 Å². The molecule has 0 N–H and O–H groups in total. The lowest BCUT2D eigenvalue weighted by Gasteiger charge is -2.25. The second-order valence-electron chi connectivity index (χ2n) is 5.12. The molecule has 0 bridgehead atoms. The Hall–Kier alpha value is -1.11. The third kappa shape index (κ3) is 3.75. The normalized spacial score (nSPS) is 17.8. The van der Waals surface area contributed by atoms with E-state index in [9.17, 15) is 0 Å². The van der Waals surface area contributed by atoms with Crippen molar-refractivity contribution in [2.45, 2.75) is 36.8 Å². The Labute approximate surface area is 132 Å².